The number of aromatic nitrogens is 2. The third kappa shape index (κ3) is 4.95. The van der Waals surface area contributed by atoms with Crippen LogP contribution in [0, 0.1) is 6.92 Å². The fourth-order valence-electron chi connectivity index (χ4n) is 2.79. The van der Waals surface area contributed by atoms with Crippen LogP contribution >= 0.6 is 7.75 Å². The molecule has 1 aromatic heterocycles. The Kier molecular flexibility index (Phi) is 6.27. The summed E-state index contributed by atoms with van der Waals surface area (Å²) in [5.41, 5.74) is 0.0693. The van der Waals surface area contributed by atoms with Crippen LogP contribution in [0.15, 0.2) is 47.4 Å². The van der Waals surface area contributed by atoms with Gasteiger partial charge in [0.05, 0.1) is 6.61 Å². The van der Waals surface area contributed by atoms with Gasteiger partial charge in [-0.25, -0.2) is 14.4 Å². The Balaban J connectivity index is 1.65. The molecule has 29 heavy (non-hydrogen) atoms. The SMILES string of the molecule is Cc1ccn([C@@H]2O[C@H](COP(=O)(O)NCc3ccccc3)[C@@H](O)C2(F)F)c(=O)n1. The summed E-state index contributed by atoms with van der Waals surface area (Å²) in [6, 6.07) is 10.0. The molecule has 1 aliphatic heterocycles. The highest BCUT2D eigenvalue weighted by Crippen LogP contribution is 2.44. The Hall–Kier alpha value is -2.01. The quantitative estimate of drug-likeness (QED) is 0.562. The van der Waals surface area contributed by atoms with Crippen LogP contribution in [0.2, 0.25) is 0 Å². The predicted molar refractivity (Wildman–Crippen MR) is 97.2 cm³/mol. The van der Waals surface area contributed by atoms with Crippen molar-refractivity contribution in [3.63, 3.8) is 0 Å². The monoisotopic (exact) mass is 431 g/mol. The Labute approximate surface area is 164 Å². The molecule has 1 unspecified atom stereocenters. The maximum Gasteiger partial charge on any atom is 0.403 e. The van der Waals surface area contributed by atoms with Crippen LogP contribution in [0.4, 0.5) is 8.78 Å². The van der Waals surface area contributed by atoms with E-state index in [4.69, 9.17) is 9.26 Å². The molecule has 1 fully saturated rings. The van der Waals surface area contributed by atoms with E-state index in [0.29, 0.717) is 15.8 Å². The molecule has 2 aromatic rings. The maximum absolute atomic E-state index is 14.4. The van der Waals surface area contributed by atoms with E-state index in [1.165, 1.54) is 13.0 Å². The minimum atomic E-state index is -4.35. The van der Waals surface area contributed by atoms with Crippen LogP contribution in [0.25, 0.3) is 0 Å². The summed E-state index contributed by atoms with van der Waals surface area (Å²) < 4.78 is 51.4. The number of aryl methyl sites for hydroxylation is 1. The summed E-state index contributed by atoms with van der Waals surface area (Å²) >= 11 is 0. The van der Waals surface area contributed by atoms with Gasteiger partial charge in [0.2, 0.25) is 6.23 Å². The van der Waals surface area contributed by atoms with Gasteiger partial charge in [0, 0.05) is 18.4 Å². The number of nitrogens with one attached hydrogen (secondary N) is 1. The average Bonchev–Trinajstić information content (AvgIpc) is 2.89. The van der Waals surface area contributed by atoms with Crippen molar-refractivity contribution in [1.82, 2.24) is 14.6 Å². The molecule has 12 heteroatoms. The fourth-order valence-corrected chi connectivity index (χ4v) is 3.61. The molecular weight excluding hydrogens is 411 g/mol. The molecule has 0 aliphatic carbocycles. The summed E-state index contributed by atoms with van der Waals surface area (Å²) in [6.07, 6.45) is -5.03. The normalized spacial score (nSPS) is 25.6. The number of hydrogen-bond acceptors (Lipinski definition) is 6. The highest BCUT2D eigenvalue weighted by molar-refractivity contribution is 7.50. The van der Waals surface area contributed by atoms with Gasteiger partial charge < -0.3 is 14.7 Å². The Morgan fingerprint density at radius 3 is 2.69 bits per heavy atom. The Morgan fingerprint density at radius 1 is 1.34 bits per heavy atom. The molecule has 0 bridgehead atoms. The number of ether oxygens (including phenoxy) is 1. The lowest BCUT2D eigenvalue weighted by Gasteiger charge is -2.20. The Bertz CT molecular complexity index is 958. The molecule has 4 atom stereocenters. The van der Waals surface area contributed by atoms with Crippen molar-refractivity contribution in [2.24, 2.45) is 0 Å². The number of aliphatic hydroxyl groups is 1. The van der Waals surface area contributed by atoms with Crippen molar-refractivity contribution in [3.05, 3.63) is 64.3 Å². The molecular formula is C17H20F2N3O6P. The van der Waals surface area contributed by atoms with Gasteiger partial charge >= 0.3 is 19.4 Å². The van der Waals surface area contributed by atoms with Gasteiger partial charge in [-0.1, -0.05) is 30.3 Å². The molecule has 2 heterocycles. The van der Waals surface area contributed by atoms with E-state index in [-0.39, 0.29) is 6.54 Å². The van der Waals surface area contributed by atoms with Crippen LogP contribution < -0.4 is 10.8 Å². The number of halogens is 2. The van der Waals surface area contributed by atoms with Gasteiger partial charge in [0.15, 0.2) is 6.10 Å². The molecule has 1 saturated heterocycles. The van der Waals surface area contributed by atoms with Crippen LogP contribution in [-0.2, 0) is 20.4 Å². The molecule has 0 saturated carbocycles. The number of hydrogen-bond donors (Lipinski definition) is 3. The Morgan fingerprint density at radius 2 is 2.03 bits per heavy atom. The van der Waals surface area contributed by atoms with Crippen molar-refractivity contribution in [1.29, 1.82) is 0 Å². The molecule has 9 nitrogen and oxygen atoms in total. The van der Waals surface area contributed by atoms with Crippen molar-refractivity contribution in [2.75, 3.05) is 6.61 Å². The van der Waals surface area contributed by atoms with Gasteiger partial charge in [-0.3, -0.25) is 9.09 Å². The number of aliphatic hydroxyl groups excluding tert-OH is 1. The van der Waals surface area contributed by atoms with Crippen molar-refractivity contribution < 1.29 is 32.6 Å². The summed E-state index contributed by atoms with van der Waals surface area (Å²) in [5.74, 6) is -3.84. The lowest BCUT2D eigenvalue weighted by molar-refractivity contribution is -0.140. The number of benzene rings is 1. The zero-order valence-corrected chi connectivity index (χ0v) is 16.2. The summed E-state index contributed by atoms with van der Waals surface area (Å²) in [5, 5.41) is 12.2. The molecule has 158 valence electrons. The molecule has 0 amide bonds. The molecule has 0 radical (unpaired) electrons. The van der Waals surface area contributed by atoms with Gasteiger partial charge in [0.25, 0.3) is 0 Å². The summed E-state index contributed by atoms with van der Waals surface area (Å²) in [7, 11) is -4.35. The molecule has 3 N–H and O–H groups in total. The zero-order valence-electron chi connectivity index (χ0n) is 15.3. The van der Waals surface area contributed by atoms with Crippen molar-refractivity contribution in [3.8, 4) is 0 Å². The fraction of sp³-hybridized carbons (Fsp3) is 0.412. The zero-order chi connectivity index (χ0) is 21.2. The second kappa shape index (κ2) is 8.39. The molecule has 1 aromatic carbocycles. The third-order valence-corrected chi connectivity index (χ3v) is 5.40. The van der Waals surface area contributed by atoms with Crippen molar-refractivity contribution in [2.45, 2.75) is 37.8 Å². The van der Waals surface area contributed by atoms with Crippen LogP contribution in [0.3, 0.4) is 0 Å². The van der Waals surface area contributed by atoms with Gasteiger partial charge in [0.1, 0.15) is 6.10 Å². The topological polar surface area (TPSA) is 123 Å². The largest absolute Gasteiger partial charge is 0.403 e. The first-order valence-electron chi connectivity index (χ1n) is 8.64. The number of rotatable bonds is 7. The van der Waals surface area contributed by atoms with E-state index in [9.17, 15) is 28.1 Å². The van der Waals surface area contributed by atoms with E-state index in [1.54, 1.807) is 30.3 Å². The van der Waals surface area contributed by atoms with E-state index in [2.05, 4.69) is 10.1 Å². The molecule has 1 aliphatic rings. The maximum atomic E-state index is 14.4. The second-order valence-corrected chi connectivity index (χ2v) is 8.16. The minimum absolute atomic E-state index is 0.00586. The van der Waals surface area contributed by atoms with Crippen LogP contribution in [0.5, 0.6) is 0 Å². The third-order valence-electron chi connectivity index (χ3n) is 4.34. The first-order chi connectivity index (χ1) is 13.6. The van der Waals surface area contributed by atoms with Gasteiger partial charge in [-0.2, -0.15) is 13.8 Å². The van der Waals surface area contributed by atoms with Gasteiger partial charge in [-0.15, -0.1) is 0 Å². The predicted octanol–water partition coefficient (Wildman–Crippen LogP) is 1.35. The van der Waals surface area contributed by atoms with Gasteiger partial charge in [-0.05, 0) is 18.6 Å². The lowest BCUT2D eigenvalue weighted by Crippen LogP contribution is -2.42. The molecule has 3 rings (SSSR count). The van der Waals surface area contributed by atoms with E-state index < -0.39 is 44.4 Å². The average molecular weight is 431 g/mol. The minimum Gasteiger partial charge on any atom is -0.384 e. The second-order valence-electron chi connectivity index (χ2n) is 6.54. The van der Waals surface area contributed by atoms with Crippen LogP contribution in [0.1, 0.15) is 17.5 Å². The first kappa shape index (κ1) is 21.7. The first-order valence-corrected chi connectivity index (χ1v) is 10.2. The number of alkyl halides is 2. The van der Waals surface area contributed by atoms with E-state index in [1.807, 2.05) is 0 Å². The lowest BCUT2D eigenvalue weighted by atomic mass is 10.1. The summed E-state index contributed by atoms with van der Waals surface area (Å²) in [6.45, 7) is 0.731. The smallest absolute Gasteiger partial charge is 0.384 e. The van der Waals surface area contributed by atoms with E-state index >= 15 is 0 Å². The van der Waals surface area contributed by atoms with Crippen LogP contribution in [-0.4, -0.2) is 44.3 Å². The highest BCUT2D eigenvalue weighted by atomic mass is 31.2. The highest BCUT2D eigenvalue weighted by Gasteiger charge is 2.60. The summed E-state index contributed by atoms with van der Waals surface area (Å²) in [4.78, 5) is 25.3. The number of nitrogens with zero attached hydrogens (tertiary/aromatic N) is 2. The van der Waals surface area contributed by atoms with E-state index in [0.717, 1.165) is 6.20 Å². The molecule has 0 spiro atoms. The standard InChI is InChI=1S/C17H20F2N3O6P/c1-11-7-8-22(16(24)21-11)15-17(18,19)14(23)13(28-15)10-27-29(25,26)20-9-12-5-3-2-4-6-12/h2-8,13-15,23H,9-10H2,1H3,(H2,20,25,26)/t13-,14-,15-/m1/s1. The van der Waals surface area contributed by atoms with Crippen molar-refractivity contribution >= 4 is 7.75 Å².